The molecule has 7 nitrogen and oxygen atoms in total. The van der Waals surface area contributed by atoms with E-state index in [1.165, 1.54) is 25.3 Å². The van der Waals surface area contributed by atoms with Gasteiger partial charge in [-0.3, -0.25) is 0 Å². The van der Waals surface area contributed by atoms with E-state index in [2.05, 4.69) is 5.32 Å². The first-order chi connectivity index (χ1) is 15.0. The lowest BCUT2D eigenvalue weighted by Crippen LogP contribution is -2.46. The summed E-state index contributed by atoms with van der Waals surface area (Å²) in [6.45, 7) is 7.99. The molecule has 0 saturated heterocycles. The number of hydrogen-bond acceptors (Lipinski definition) is 5. The Hall–Kier alpha value is -2.16. The number of rotatable bonds is 9. The first kappa shape index (κ1) is 26.1. The maximum atomic E-state index is 12.8. The van der Waals surface area contributed by atoms with Crippen LogP contribution in [0.4, 0.5) is 4.79 Å². The number of ether oxygens (including phenoxy) is 1. The lowest BCUT2D eigenvalue weighted by molar-refractivity contribution is 0.171. The molecule has 0 bridgehead atoms. The summed E-state index contributed by atoms with van der Waals surface area (Å²) in [6, 6.07) is 8.57. The van der Waals surface area contributed by atoms with Crippen LogP contribution in [0.15, 0.2) is 41.3 Å². The Kier molecular flexibility index (Phi) is 9.07. The zero-order valence-corrected chi connectivity index (χ0v) is 21.0. The topological polar surface area (TPSA) is 84.9 Å². The Labute approximate surface area is 199 Å². The molecule has 0 saturated carbocycles. The van der Waals surface area contributed by atoms with Crippen molar-refractivity contribution in [3.63, 3.8) is 0 Å². The van der Waals surface area contributed by atoms with Crippen LogP contribution in [0.25, 0.3) is 0 Å². The van der Waals surface area contributed by atoms with E-state index in [0.29, 0.717) is 5.56 Å². The van der Waals surface area contributed by atoms with Gasteiger partial charge in [0, 0.05) is 18.6 Å². The number of halogens is 2. The van der Waals surface area contributed by atoms with Crippen molar-refractivity contribution in [3.8, 4) is 11.5 Å². The van der Waals surface area contributed by atoms with E-state index >= 15 is 0 Å². The molecule has 0 aliphatic rings. The Morgan fingerprint density at radius 3 is 2.31 bits per heavy atom. The lowest BCUT2D eigenvalue weighted by atomic mass is 10.1. The molecule has 1 unspecified atom stereocenters. The van der Waals surface area contributed by atoms with E-state index in [1.807, 2.05) is 27.7 Å². The van der Waals surface area contributed by atoms with Gasteiger partial charge in [0.1, 0.15) is 4.90 Å². The van der Waals surface area contributed by atoms with Crippen molar-refractivity contribution in [1.82, 2.24) is 10.2 Å². The van der Waals surface area contributed by atoms with E-state index in [-0.39, 0.29) is 51.1 Å². The lowest BCUT2D eigenvalue weighted by Gasteiger charge is -2.30. The number of methoxy groups -OCH3 is 1. The highest BCUT2D eigenvalue weighted by atomic mass is 35.5. The van der Waals surface area contributed by atoms with Gasteiger partial charge in [-0.1, -0.05) is 36.2 Å². The van der Waals surface area contributed by atoms with Crippen LogP contribution >= 0.6 is 23.2 Å². The maximum Gasteiger partial charge on any atom is 0.339 e. The van der Waals surface area contributed by atoms with Crippen LogP contribution < -0.4 is 14.2 Å². The van der Waals surface area contributed by atoms with Crippen LogP contribution in [0.2, 0.25) is 10.0 Å². The van der Waals surface area contributed by atoms with Crippen LogP contribution in [0, 0.1) is 0 Å². The Bertz CT molecular complexity index is 1060. The van der Waals surface area contributed by atoms with E-state index in [1.54, 1.807) is 23.1 Å². The molecule has 2 aromatic carbocycles. The fourth-order valence-electron chi connectivity index (χ4n) is 2.86. The number of nitrogens with one attached hydrogen (secondary N) is 1. The highest BCUT2D eigenvalue weighted by Gasteiger charge is 2.23. The monoisotopic (exact) mass is 502 g/mol. The second-order valence-corrected chi connectivity index (χ2v) is 9.95. The molecular formula is C22H28Cl2N2O5S. The molecular weight excluding hydrogens is 475 g/mol. The molecule has 2 aromatic rings. The average molecular weight is 503 g/mol. The highest BCUT2D eigenvalue weighted by Crippen LogP contribution is 2.33. The first-order valence-corrected chi connectivity index (χ1v) is 12.3. The van der Waals surface area contributed by atoms with Crippen molar-refractivity contribution in [3.05, 3.63) is 52.0 Å². The van der Waals surface area contributed by atoms with Crippen molar-refractivity contribution in [2.45, 2.75) is 57.6 Å². The molecule has 2 rings (SSSR count). The van der Waals surface area contributed by atoms with Gasteiger partial charge in [0.15, 0.2) is 11.5 Å². The summed E-state index contributed by atoms with van der Waals surface area (Å²) in [5.74, 6) is 0.239. The molecule has 1 atom stereocenters. The number of carbonyl (C=O) groups is 1. The van der Waals surface area contributed by atoms with Gasteiger partial charge in [0.05, 0.1) is 17.2 Å². The molecule has 0 spiro atoms. The second kappa shape index (κ2) is 11.1. The zero-order valence-electron chi connectivity index (χ0n) is 18.7. The second-order valence-electron chi connectivity index (χ2n) is 7.59. The van der Waals surface area contributed by atoms with E-state index in [0.717, 1.165) is 6.42 Å². The summed E-state index contributed by atoms with van der Waals surface area (Å²) in [5, 5.41) is 3.22. The quantitative estimate of drug-likeness (QED) is 0.458. The van der Waals surface area contributed by atoms with Crippen LogP contribution in [-0.4, -0.2) is 38.5 Å². The number of hydrogen-bond donors (Lipinski definition) is 1. The molecule has 0 heterocycles. The summed E-state index contributed by atoms with van der Waals surface area (Å²) in [6.07, 6.45) is 0.761. The minimum absolute atomic E-state index is 0.00411. The van der Waals surface area contributed by atoms with Gasteiger partial charge in [-0.15, -0.1) is 0 Å². The van der Waals surface area contributed by atoms with Crippen LogP contribution in [-0.2, 0) is 16.7 Å². The minimum Gasteiger partial charge on any atom is -0.493 e. The molecule has 0 aliphatic heterocycles. The molecule has 176 valence electrons. The van der Waals surface area contributed by atoms with Gasteiger partial charge in [-0.2, -0.15) is 8.42 Å². The highest BCUT2D eigenvalue weighted by molar-refractivity contribution is 7.87. The minimum atomic E-state index is -4.20. The van der Waals surface area contributed by atoms with Crippen molar-refractivity contribution in [2.24, 2.45) is 0 Å². The summed E-state index contributed by atoms with van der Waals surface area (Å²) in [7, 11) is -2.79. The normalized spacial score (nSPS) is 12.4. The predicted molar refractivity (Wildman–Crippen MR) is 126 cm³/mol. The molecule has 10 heteroatoms. The van der Waals surface area contributed by atoms with E-state index in [4.69, 9.17) is 32.1 Å². The van der Waals surface area contributed by atoms with Crippen molar-refractivity contribution in [2.75, 3.05) is 7.11 Å². The molecule has 0 fully saturated rings. The average Bonchev–Trinajstić information content (AvgIpc) is 2.72. The van der Waals surface area contributed by atoms with E-state index in [9.17, 15) is 13.2 Å². The van der Waals surface area contributed by atoms with Crippen LogP contribution in [0.3, 0.4) is 0 Å². The molecule has 0 aliphatic carbocycles. The summed E-state index contributed by atoms with van der Waals surface area (Å²) < 4.78 is 36.2. The molecule has 0 aromatic heterocycles. The molecule has 1 N–H and O–H groups in total. The van der Waals surface area contributed by atoms with Crippen LogP contribution in [0.5, 0.6) is 11.5 Å². The Morgan fingerprint density at radius 1 is 1.06 bits per heavy atom. The molecule has 2 amide bonds. The number of nitrogens with zero attached hydrogens (tertiary/aromatic N) is 1. The third kappa shape index (κ3) is 6.67. The number of carbonyl (C=O) groups excluding carboxylic acids is 1. The molecule has 32 heavy (non-hydrogen) atoms. The van der Waals surface area contributed by atoms with Crippen molar-refractivity contribution >= 4 is 39.4 Å². The summed E-state index contributed by atoms with van der Waals surface area (Å²) in [5.41, 5.74) is 0.685. The fourth-order valence-corrected chi connectivity index (χ4v) is 4.18. The number of urea groups is 1. The van der Waals surface area contributed by atoms with Gasteiger partial charge in [-0.05, 0) is 63.1 Å². The Balaban J connectivity index is 2.36. The van der Waals surface area contributed by atoms with Gasteiger partial charge in [0.2, 0.25) is 0 Å². The number of amides is 2. The predicted octanol–water partition coefficient (Wildman–Crippen LogP) is 5.49. The van der Waals surface area contributed by atoms with E-state index < -0.39 is 10.1 Å². The van der Waals surface area contributed by atoms with Gasteiger partial charge in [-0.25, -0.2) is 4.79 Å². The first-order valence-electron chi connectivity index (χ1n) is 10.1. The molecule has 0 radical (unpaired) electrons. The SMILES string of the molecule is CCC(C)N(Cc1ccc(OC)c(OS(=O)(=O)c2ccc(Cl)c(Cl)c2)c1)C(=O)NC(C)C. The van der Waals surface area contributed by atoms with Gasteiger partial charge in [0.25, 0.3) is 0 Å². The smallest absolute Gasteiger partial charge is 0.339 e. The maximum absolute atomic E-state index is 12.8. The number of benzene rings is 2. The third-order valence-corrected chi connectivity index (χ3v) is 6.73. The summed E-state index contributed by atoms with van der Waals surface area (Å²) >= 11 is 11.8. The third-order valence-electron chi connectivity index (χ3n) is 4.76. The fraction of sp³-hybridized carbons (Fsp3) is 0.409. The van der Waals surface area contributed by atoms with Crippen LogP contribution in [0.1, 0.15) is 39.7 Å². The van der Waals surface area contributed by atoms with Gasteiger partial charge < -0.3 is 19.1 Å². The summed E-state index contributed by atoms with van der Waals surface area (Å²) in [4.78, 5) is 14.2. The Morgan fingerprint density at radius 2 is 1.75 bits per heavy atom. The van der Waals surface area contributed by atoms with Crippen molar-refractivity contribution in [1.29, 1.82) is 0 Å². The largest absolute Gasteiger partial charge is 0.493 e. The van der Waals surface area contributed by atoms with Gasteiger partial charge >= 0.3 is 16.1 Å². The standard InChI is InChI=1S/C22H28Cl2N2O5S/c1-6-15(4)26(22(27)25-14(2)3)13-16-7-10-20(30-5)21(11-16)31-32(28,29)17-8-9-18(23)19(24)12-17/h7-12,14-15H,6,13H2,1-5H3,(H,25,27). The van der Waals surface area contributed by atoms with Crippen molar-refractivity contribution < 1.29 is 22.1 Å². The zero-order chi connectivity index (χ0) is 24.1.